The van der Waals surface area contributed by atoms with Gasteiger partial charge in [-0.1, -0.05) is 6.42 Å². The maximum Gasteiger partial charge on any atom is 0.123 e. The van der Waals surface area contributed by atoms with E-state index < -0.39 is 0 Å². The molecule has 2 unspecified atom stereocenters. The molecule has 20 heavy (non-hydrogen) atoms. The van der Waals surface area contributed by atoms with Crippen LogP contribution in [0, 0.1) is 17.2 Å². The molecule has 0 amide bonds. The fourth-order valence-corrected chi connectivity index (χ4v) is 3.94. The summed E-state index contributed by atoms with van der Waals surface area (Å²) in [6, 6.07) is 8.71. The van der Waals surface area contributed by atoms with Crippen LogP contribution in [-0.4, -0.2) is 24.6 Å². The van der Waals surface area contributed by atoms with E-state index in [9.17, 15) is 0 Å². The molecule has 3 nitrogen and oxygen atoms in total. The Hall–Kier alpha value is -1.53. The van der Waals surface area contributed by atoms with Gasteiger partial charge < -0.3 is 4.74 Å². The number of nitrogens with zero attached hydrogens (tertiary/aromatic N) is 2. The van der Waals surface area contributed by atoms with E-state index in [1.165, 1.54) is 38.6 Å². The summed E-state index contributed by atoms with van der Waals surface area (Å²) >= 11 is 0. The highest BCUT2D eigenvalue weighted by Gasteiger charge is 2.34. The van der Waals surface area contributed by atoms with E-state index in [0.29, 0.717) is 0 Å². The van der Waals surface area contributed by atoms with Gasteiger partial charge in [-0.25, -0.2) is 0 Å². The second-order valence-electron chi connectivity index (χ2n) is 6.01. The molecule has 1 aromatic carbocycles. The summed E-state index contributed by atoms with van der Waals surface area (Å²) in [5.74, 6) is 1.80. The van der Waals surface area contributed by atoms with Crippen molar-refractivity contribution in [2.75, 3.05) is 13.7 Å². The normalized spacial score (nSPS) is 26.0. The Morgan fingerprint density at radius 1 is 1.30 bits per heavy atom. The Labute approximate surface area is 121 Å². The maximum absolute atomic E-state index is 9.08. The first-order valence-corrected chi connectivity index (χ1v) is 7.63. The summed E-state index contributed by atoms with van der Waals surface area (Å²) < 4.78 is 5.46. The quantitative estimate of drug-likeness (QED) is 0.845. The van der Waals surface area contributed by atoms with E-state index in [4.69, 9.17) is 10.00 Å². The van der Waals surface area contributed by atoms with Crippen LogP contribution in [0.15, 0.2) is 18.2 Å². The van der Waals surface area contributed by atoms with Crippen LogP contribution < -0.4 is 4.74 Å². The molecule has 1 saturated heterocycles. The minimum atomic E-state index is 0.723. The Morgan fingerprint density at radius 3 is 2.95 bits per heavy atom. The van der Waals surface area contributed by atoms with E-state index in [1.54, 1.807) is 7.11 Å². The van der Waals surface area contributed by atoms with Crippen molar-refractivity contribution in [3.63, 3.8) is 0 Å². The Balaban J connectivity index is 1.81. The van der Waals surface area contributed by atoms with Crippen molar-refractivity contribution in [2.45, 2.75) is 44.7 Å². The number of nitriles is 1. The third-order valence-corrected chi connectivity index (χ3v) is 4.89. The topological polar surface area (TPSA) is 36.3 Å². The molecule has 0 aromatic heterocycles. The third-order valence-electron chi connectivity index (χ3n) is 4.89. The zero-order valence-corrected chi connectivity index (χ0v) is 12.1. The van der Waals surface area contributed by atoms with Gasteiger partial charge in [0.2, 0.25) is 0 Å². The van der Waals surface area contributed by atoms with Crippen LogP contribution in [0.25, 0.3) is 0 Å². The highest BCUT2D eigenvalue weighted by Crippen LogP contribution is 2.38. The predicted octanol–water partition coefficient (Wildman–Crippen LogP) is 3.33. The number of methoxy groups -OCH3 is 1. The van der Waals surface area contributed by atoms with Gasteiger partial charge in [0.15, 0.2) is 0 Å². The number of rotatable bonds is 3. The van der Waals surface area contributed by atoms with Crippen LogP contribution in [0.4, 0.5) is 0 Å². The monoisotopic (exact) mass is 270 g/mol. The molecule has 2 atom stereocenters. The standard InChI is InChI=1S/C17H22N2O/c1-20-17-8-7-13(11-18)10-15(17)12-19-9-3-5-14-4-2-6-16(14)19/h7-8,10,14,16H,2-6,9,12H2,1H3. The molecule has 0 N–H and O–H groups in total. The number of ether oxygens (including phenoxy) is 1. The number of benzene rings is 1. The Bertz CT molecular complexity index is 520. The van der Waals surface area contributed by atoms with Gasteiger partial charge in [-0.15, -0.1) is 0 Å². The number of hydrogen-bond donors (Lipinski definition) is 0. The highest BCUT2D eigenvalue weighted by molar-refractivity contribution is 5.42. The summed E-state index contributed by atoms with van der Waals surface area (Å²) in [6.07, 6.45) is 6.82. The van der Waals surface area contributed by atoms with Crippen molar-refractivity contribution in [1.29, 1.82) is 5.26 Å². The fourth-order valence-electron chi connectivity index (χ4n) is 3.94. The van der Waals surface area contributed by atoms with E-state index in [2.05, 4.69) is 11.0 Å². The molecule has 106 valence electrons. The average molecular weight is 270 g/mol. The molecule has 3 rings (SSSR count). The molecule has 3 heteroatoms. The molecular formula is C17H22N2O. The van der Waals surface area contributed by atoms with Gasteiger partial charge in [0, 0.05) is 18.2 Å². The van der Waals surface area contributed by atoms with Crippen molar-refractivity contribution in [2.24, 2.45) is 5.92 Å². The lowest BCUT2D eigenvalue weighted by Gasteiger charge is -2.38. The lowest BCUT2D eigenvalue weighted by Crippen LogP contribution is -2.41. The molecular weight excluding hydrogens is 248 g/mol. The van der Waals surface area contributed by atoms with Gasteiger partial charge in [-0.3, -0.25) is 4.90 Å². The lowest BCUT2D eigenvalue weighted by molar-refractivity contribution is 0.105. The van der Waals surface area contributed by atoms with E-state index in [0.717, 1.165) is 35.4 Å². The lowest BCUT2D eigenvalue weighted by atomic mass is 9.91. The number of likely N-dealkylation sites (tertiary alicyclic amines) is 1. The first-order valence-electron chi connectivity index (χ1n) is 7.63. The maximum atomic E-state index is 9.08. The number of fused-ring (bicyclic) bond motifs is 1. The Kier molecular flexibility index (Phi) is 3.93. The average Bonchev–Trinajstić information content (AvgIpc) is 2.96. The summed E-state index contributed by atoms with van der Waals surface area (Å²) in [5.41, 5.74) is 1.87. The van der Waals surface area contributed by atoms with Crippen LogP contribution in [0.2, 0.25) is 0 Å². The van der Waals surface area contributed by atoms with Crippen LogP contribution in [0.3, 0.4) is 0 Å². The fraction of sp³-hybridized carbons (Fsp3) is 0.588. The smallest absolute Gasteiger partial charge is 0.123 e. The van der Waals surface area contributed by atoms with E-state index in [-0.39, 0.29) is 0 Å². The van der Waals surface area contributed by atoms with Crippen LogP contribution in [0.5, 0.6) is 5.75 Å². The first kappa shape index (κ1) is 13.5. The number of piperidine rings is 1. The molecule has 0 radical (unpaired) electrons. The summed E-state index contributed by atoms with van der Waals surface area (Å²) in [6.45, 7) is 2.10. The van der Waals surface area contributed by atoms with Crippen LogP contribution in [-0.2, 0) is 6.54 Å². The van der Waals surface area contributed by atoms with Crippen molar-refractivity contribution in [3.8, 4) is 11.8 Å². The second-order valence-corrected chi connectivity index (χ2v) is 6.01. The SMILES string of the molecule is COc1ccc(C#N)cc1CN1CCCC2CCCC21. The van der Waals surface area contributed by atoms with Crippen molar-refractivity contribution in [3.05, 3.63) is 29.3 Å². The number of hydrogen-bond acceptors (Lipinski definition) is 3. The molecule has 2 aliphatic rings. The van der Waals surface area contributed by atoms with E-state index in [1.807, 2.05) is 18.2 Å². The van der Waals surface area contributed by atoms with Crippen molar-refractivity contribution < 1.29 is 4.74 Å². The van der Waals surface area contributed by atoms with Gasteiger partial charge in [0.25, 0.3) is 0 Å². The van der Waals surface area contributed by atoms with Gasteiger partial charge in [0.05, 0.1) is 18.7 Å². The second kappa shape index (κ2) is 5.85. The van der Waals surface area contributed by atoms with Gasteiger partial charge in [-0.05, 0) is 56.3 Å². The third kappa shape index (κ3) is 2.53. The van der Waals surface area contributed by atoms with E-state index >= 15 is 0 Å². The molecule has 1 heterocycles. The molecule has 2 fully saturated rings. The Morgan fingerprint density at radius 2 is 2.15 bits per heavy atom. The minimum Gasteiger partial charge on any atom is -0.496 e. The zero-order valence-electron chi connectivity index (χ0n) is 12.1. The largest absolute Gasteiger partial charge is 0.496 e. The van der Waals surface area contributed by atoms with Gasteiger partial charge >= 0.3 is 0 Å². The molecule has 1 aromatic rings. The molecule has 0 spiro atoms. The summed E-state index contributed by atoms with van der Waals surface area (Å²) in [7, 11) is 1.71. The van der Waals surface area contributed by atoms with Crippen molar-refractivity contribution in [1.82, 2.24) is 4.90 Å². The molecule has 0 bridgehead atoms. The molecule has 1 aliphatic carbocycles. The zero-order chi connectivity index (χ0) is 13.9. The minimum absolute atomic E-state index is 0.723. The highest BCUT2D eigenvalue weighted by atomic mass is 16.5. The first-order chi connectivity index (χ1) is 9.81. The van der Waals surface area contributed by atoms with Crippen LogP contribution >= 0.6 is 0 Å². The molecule has 1 aliphatic heterocycles. The van der Waals surface area contributed by atoms with Gasteiger partial charge in [-0.2, -0.15) is 5.26 Å². The summed E-state index contributed by atoms with van der Waals surface area (Å²) in [4.78, 5) is 2.61. The molecule has 1 saturated carbocycles. The van der Waals surface area contributed by atoms with Gasteiger partial charge in [0.1, 0.15) is 5.75 Å². The summed E-state index contributed by atoms with van der Waals surface area (Å²) in [5, 5.41) is 9.08. The van der Waals surface area contributed by atoms with Crippen molar-refractivity contribution >= 4 is 0 Å². The predicted molar refractivity (Wildman–Crippen MR) is 78.5 cm³/mol. The van der Waals surface area contributed by atoms with Crippen LogP contribution in [0.1, 0.15) is 43.2 Å².